The van der Waals surface area contributed by atoms with Gasteiger partial charge in [-0.1, -0.05) is 18.2 Å². The van der Waals surface area contributed by atoms with Gasteiger partial charge in [-0.25, -0.2) is 8.78 Å². The fourth-order valence-electron chi connectivity index (χ4n) is 1.47. The highest BCUT2D eigenvalue weighted by molar-refractivity contribution is 5.54. The van der Waals surface area contributed by atoms with Gasteiger partial charge in [-0.15, -0.1) is 0 Å². The molecule has 19 heavy (non-hydrogen) atoms. The molecule has 1 atom stereocenters. The van der Waals surface area contributed by atoms with Gasteiger partial charge < -0.3 is 10.2 Å². The van der Waals surface area contributed by atoms with E-state index in [1.165, 1.54) is 19.1 Å². The quantitative estimate of drug-likeness (QED) is 0.473. The molecule has 0 aromatic heterocycles. The van der Waals surface area contributed by atoms with Gasteiger partial charge >= 0.3 is 0 Å². The molecule has 0 radical (unpaired) electrons. The second-order valence-electron chi connectivity index (χ2n) is 4.04. The summed E-state index contributed by atoms with van der Waals surface area (Å²) in [5.41, 5.74) is 3.21. The van der Waals surface area contributed by atoms with Gasteiger partial charge in [0.25, 0.3) is 0 Å². The van der Waals surface area contributed by atoms with Gasteiger partial charge in [-0.2, -0.15) is 0 Å². The first kappa shape index (κ1) is 15.2. The summed E-state index contributed by atoms with van der Waals surface area (Å²) < 4.78 is 31.3. The number of aryl methyl sites for hydroxylation is 1. The Hall–Kier alpha value is -1.88. The Morgan fingerprint density at radius 3 is 2.74 bits per heavy atom. The molecule has 0 aliphatic carbocycles. The van der Waals surface area contributed by atoms with Crippen LogP contribution in [0.1, 0.15) is 12.5 Å². The van der Waals surface area contributed by atoms with Crippen molar-refractivity contribution in [1.82, 2.24) is 0 Å². The number of benzene rings is 1. The highest BCUT2D eigenvalue weighted by Gasteiger charge is 2.06. The number of nitrogens with one attached hydrogen (secondary N) is 1. The van der Waals surface area contributed by atoms with Gasteiger partial charge in [0, 0.05) is 6.07 Å². The van der Waals surface area contributed by atoms with E-state index in [0.29, 0.717) is 11.3 Å². The lowest BCUT2D eigenvalue weighted by molar-refractivity contribution is 0.360. The SMILES string of the molecule is Cc1cc(OC/C=C\C=C/C(C)F)cc(F)c1NN. The predicted octanol–water partition coefficient (Wildman–Crippen LogP) is 3.27. The number of rotatable bonds is 6. The molecule has 0 heterocycles. The Kier molecular flexibility index (Phi) is 6.02. The van der Waals surface area contributed by atoms with E-state index in [0.717, 1.165) is 0 Å². The van der Waals surface area contributed by atoms with Crippen LogP contribution < -0.4 is 16.0 Å². The lowest BCUT2D eigenvalue weighted by Crippen LogP contribution is -2.10. The zero-order valence-electron chi connectivity index (χ0n) is 11.0. The lowest BCUT2D eigenvalue weighted by Gasteiger charge is -2.09. The summed E-state index contributed by atoms with van der Waals surface area (Å²) in [6, 6.07) is 2.95. The Labute approximate surface area is 111 Å². The number of nitrogens with two attached hydrogens (primary N) is 1. The number of halogens is 2. The number of ether oxygens (including phenoxy) is 1. The molecule has 1 unspecified atom stereocenters. The van der Waals surface area contributed by atoms with Gasteiger partial charge in [0.2, 0.25) is 0 Å². The molecule has 0 fully saturated rings. The highest BCUT2D eigenvalue weighted by atomic mass is 19.1. The summed E-state index contributed by atoms with van der Waals surface area (Å²) in [7, 11) is 0. The van der Waals surface area contributed by atoms with Crippen LogP contribution in [0.4, 0.5) is 14.5 Å². The summed E-state index contributed by atoms with van der Waals surface area (Å²) >= 11 is 0. The predicted molar refractivity (Wildman–Crippen MR) is 73.3 cm³/mol. The number of anilines is 1. The van der Waals surface area contributed by atoms with Crippen molar-refractivity contribution in [3.05, 3.63) is 47.8 Å². The molecule has 1 rings (SSSR count). The monoisotopic (exact) mass is 268 g/mol. The van der Waals surface area contributed by atoms with Crippen LogP contribution in [0.25, 0.3) is 0 Å². The molecule has 0 spiro atoms. The second-order valence-corrected chi connectivity index (χ2v) is 4.04. The summed E-state index contributed by atoms with van der Waals surface area (Å²) in [6.07, 6.45) is 5.43. The first-order chi connectivity index (χ1) is 9.04. The summed E-state index contributed by atoms with van der Waals surface area (Å²) in [5.74, 6) is 5.15. The number of hydrogen-bond donors (Lipinski definition) is 2. The molecule has 3 N–H and O–H groups in total. The first-order valence-corrected chi connectivity index (χ1v) is 5.91. The van der Waals surface area contributed by atoms with Crippen LogP contribution in [0.2, 0.25) is 0 Å². The molecule has 0 saturated carbocycles. The lowest BCUT2D eigenvalue weighted by atomic mass is 10.2. The summed E-state index contributed by atoms with van der Waals surface area (Å²) in [4.78, 5) is 0. The topological polar surface area (TPSA) is 47.3 Å². The van der Waals surface area contributed by atoms with Crippen LogP contribution in [0.15, 0.2) is 36.4 Å². The molecule has 1 aromatic rings. The van der Waals surface area contributed by atoms with Crippen LogP contribution in [-0.2, 0) is 0 Å². The van der Waals surface area contributed by atoms with Crippen LogP contribution in [0.5, 0.6) is 5.75 Å². The molecule has 0 amide bonds. The van der Waals surface area contributed by atoms with Crippen molar-refractivity contribution in [2.45, 2.75) is 20.0 Å². The minimum atomic E-state index is -0.973. The molecule has 0 bridgehead atoms. The fraction of sp³-hybridized carbons (Fsp3) is 0.286. The number of alkyl halides is 1. The molecule has 5 heteroatoms. The van der Waals surface area contributed by atoms with Crippen LogP contribution in [-0.4, -0.2) is 12.8 Å². The number of hydrazine groups is 1. The van der Waals surface area contributed by atoms with E-state index in [4.69, 9.17) is 10.6 Å². The zero-order valence-corrected chi connectivity index (χ0v) is 11.0. The van der Waals surface area contributed by atoms with Gasteiger partial charge in [0.1, 0.15) is 18.5 Å². The van der Waals surface area contributed by atoms with Crippen molar-refractivity contribution in [2.24, 2.45) is 5.84 Å². The van der Waals surface area contributed by atoms with Gasteiger partial charge in [-0.05, 0) is 31.6 Å². The van der Waals surface area contributed by atoms with Crippen molar-refractivity contribution in [3.8, 4) is 5.75 Å². The maximum absolute atomic E-state index is 13.5. The second kappa shape index (κ2) is 7.53. The molecular formula is C14H18F2N2O. The third kappa shape index (κ3) is 5.09. The molecular weight excluding hydrogens is 250 g/mol. The third-order valence-electron chi connectivity index (χ3n) is 2.37. The summed E-state index contributed by atoms with van der Waals surface area (Å²) in [6.45, 7) is 3.45. The Balaban J connectivity index is 2.55. The van der Waals surface area contributed by atoms with E-state index in [1.54, 1.807) is 31.2 Å². The maximum atomic E-state index is 13.5. The maximum Gasteiger partial charge on any atom is 0.151 e. The van der Waals surface area contributed by atoms with Crippen LogP contribution in [0.3, 0.4) is 0 Å². The van der Waals surface area contributed by atoms with Crippen molar-refractivity contribution >= 4 is 5.69 Å². The van der Waals surface area contributed by atoms with Crippen molar-refractivity contribution < 1.29 is 13.5 Å². The van der Waals surface area contributed by atoms with E-state index >= 15 is 0 Å². The van der Waals surface area contributed by atoms with Crippen LogP contribution >= 0.6 is 0 Å². The molecule has 0 aliphatic heterocycles. The van der Waals surface area contributed by atoms with E-state index in [-0.39, 0.29) is 12.3 Å². The Morgan fingerprint density at radius 2 is 2.16 bits per heavy atom. The van der Waals surface area contributed by atoms with Gasteiger partial charge in [0.15, 0.2) is 5.82 Å². The van der Waals surface area contributed by atoms with Crippen molar-refractivity contribution in [1.29, 1.82) is 0 Å². The minimum Gasteiger partial charge on any atom is -0.489 e. The molecule has 104 valence electrons. The normalized spacial score (nSPS) is 13.1. The first-order valence-electron chi connectivity index (χ1n) is 5.91. The zero-order chi connectivity index (χ0) is 14.3. The average Bonchev–Trinajstić information content (AvgIpc) is 2.33. The third-order valence-corrected chi connectivity index (χ3v) is 2.37. The number of allylic oxidation sites excluding steroid dienone is 3. The molecule has 0 saturated heterocycles. The smallest absolute Gasteiger partial charge is 0.151 e. The van der Waals surface area contributed by atoms with E-state index in [2.05, 4.69) is 5.43 Å². The van der Waals surface area contributed by atoms with E-state index in [9.17, 15) is 8.78 Å². The van der Waals surface area contributed by atoms with Gasteiger partial charge in [0.05, 0.1) is 5.69 Å². The molecule has 0 aliphatic rings. The summed E-state index contributed by atoms with van der Waals surface area (Å²) in [5, 5.41) is 0. The van der Waals surface area contributed by atoms with Crippen molar-refractivity contribution in [3.63, 3.8) is 0 Å². The average molecular weight is 268 g/mol. The standard InChI is InChI=1S/C14H18F2N2O/c1-10-8-12(9-13(16)14(10)18-17)19-7-5-3-4-6-11(2)15/h3-6,8-9,11,18H,7,17H2,1-2H3/b5-3-,6-4-. The van der Waals surface area contributed by atoms with Crippen molar-refractivity contribution in [2.75, 3.05) is 12.0 Å². The van der Waals surface area contributed by atoms with Gasteiger partial charge in [-0.3, -0.25) is 5.84 Å². The molecule has 3 nitrogen and oxygen atoms in total. The van der Waals surface area contributed by atoms with Crippen LogP contribution in [0, 0.1) is 12.7 Å². The molecule has 1 aromatic carbocycles. The minimum absolute atomic E-state index is 0.253. The Bertz CT molecular complexity index is 448. The Morgan fingerprint density at radius 1 is 1.42 bits per heavy atom. The fourth-order valence-corrected chi connectivity index (χ4v) is 1.47. The largest absolute Gasteiger partial charge is 0.489 e. The number of nitrogen functional groups attached to an aromatic ring is 1. The number of hydrogen-bond acceptors (Lipinski definition) is 3. The van der Waals surface area contributed by atoms with E-state index < -0.39 is 12.0 Å². The van der Waals surface area contributed by atoms with E-state index in [1.807, 2.05) is 0 Å². The highest BCUT2D eigenvalue weighted by Crippen LogP contribution is 2.24.